The molecule has 0 fully saturated rings. The Bertz CT molecular complexity index is 294. The van der Waals surface area contributed by atoms with Gasteiger partial charge in [-0.3, -0.25) is 4.99 Å². The smallest absolute Gasteiger partial charge is 0.126 e. The lowest BCUT2D eigenvalue weighted by molar-refractivity contribution is 0.208. The van der Waals surface area contributed by atoms with Crippen molar-refractivity contribution >= 4 is 17.2 Å². The van der Waals surface area contributed by atoms with E-state index in [9.17, 15) is 0 Å². The van der Waals surface area contributed by atoms with Crippen LogP contribution < -0.4 is 5.73 Å². The van der Waals surface area contributed by atoms with Crippen LogP contribution >= 0.6 is 11.3 Å². The molecule has 0 aliphatic heterocycles. The molecule has 0 aliphatic carbocycles. The standard InChI is InChI=1S/C9H14N2OS/c1-7-5-13-6-8(7)9(10)11-3-4-12-2/h5-6H,3-4H2,1-2H3,(H2,10,11). The average molecular weight is 198 g/mol. The van der Waals surface area contributed by atoms with Crippen LogP contribution in [0.2, 0.25) is 0 Å². The second-order valence-corrected chi connectivity index (χ2v) is 3.47. The zero-order chi connectivity index (χ0) is 9.68. The van der Waals surface area contributed by atoms with E-state index in [-0.39, 0.29) is 0 Å². The summed E-state index contributed by atoms with van der Waals surface area (Å²) in [6.07, 6.45) is 0. The van der Waals surface area contributed by atoms with Crippen molar-refractivity contribution in [2.45, 2.75) is 6.92 Å². The minimum absolute atomic E-state index is 0.607. The molecule has 0 radical (unpaired) electrons. The number of aliphatic imine (C=N–C) groups is 1. The summed E-state index contributed by atoms with van der Waals surface area (Å²) < 4.78 is 4.88. The topological polar surface area (TPSA) is 47.6 Å². The third-order valence-corrected chi connectivity index (χ3v) is 2.57. The van der Waals surface area contributed by atoms with Crippen molar-refractivity contribution < 1.29 is 4.74 Å². The number of methoxy groups -OCH3 is 1. The first kappa shape index (κ1) is 10.2. The number of hydrogen-bond donors (Lipinski definition) is 1. The van der Waals surface area contributed by atoms with Crippen molar-refractivity contribution in [3.8, 4) is 0 Å². The van der Waals surface area contributed by atoms with Crippen LogP contribution in [0.4, 0.5) is 0 Å². The summed E-state index contributed by atoms with van der Waals surface area (Å²) in [5, 5.41) is 4.08. The van der Waals surface area contributed by atoms with Crippen LogP contribution in [0.3, 0.4) is 0 Å². The van der Waals surface area contributed by atoms with Crippen molar-refractivity contribution in [2.75, 3.05) is 20.3 Å². The highest BCUT2D eigenvalue weighted by Crippen LogP contribution is 2.12. The van der Waals surface area contributed by atoms with Gasteiger partial charge >= 0.3 is 0 Å². The Kier molecular flexibility index (Phi) is 3.92. The molecular weight excluding hydrogens is 184 g/mol. The average Bonchev–Trinajstić information content (AvgIpc) is 2.52. The summed E-state index contributed by atoms with van der Waals surface area (Å²) >= 11 is 1.64. The van der Waals surface area contributed by atoms with Gasteiger partial charge in [-0.1, -0.05) is 0 Å². The number of nitrogens with zero attached hydrogens (tertiary/aromatic N) is 1. The van der Waals surface area contributed by atoms with Gasteiger partial charge in [-0.15, -0.1) is 0 Å². The predicted octanol–water partition coefficient (Wildman–Crippen LogP) is 1.41. The number of aryl methyl sites for hydroxylation is 1. The van der Waals surface area contributed by atoms with Crippen molar-refractivity contribution in [3.63, 3.8) is 0 Å². The second-order valence-electron chi connectivity index (χ2n) is 2.73. The number of thiophene rings is 1. The zero-order valence-electron chi connectivity index (χ0n) is 7.91. The first-order chi connectivity index (χ1) is 6.25. The summed E-state index contributed by atoms with van der Waals surface area (Å²) in [4.78, 5) is 4.19. The highest BCUT2D eigenvalue weighted by molar-refractivity contribution is 7.08. The molecule has 0 unspecified atom stereocenters. The monoisotopic (exact) mass is 198 g/mol. The lowest BCUT2D eigenvalue weighted by Crippen LogP contribution is -2.15. The van der Waals surface area contributed by atoms with E-state index >= 15 is 0 Å². The number of nitrogens with two attached hydrogens (primary N) is 1. The molecule has 0 aromatic carbocycles. The Balaban J connectivity index is 2.62. The molecule has 1 heterocycles. The Morgan fingerprint density at radius 2 is 2.38 bits per heavy atom. The van der Waals surface area contributed by atoms with Gasteiger partial charge in [0.05, 0.1) is 13.2 Å². The lowest BCUT2D eigenvalue weighted by Gasteiger charge is -1.99. The molecule has 1 aromatic heterocycles. The summed E-state index contributed by atoms with van der Waals surface area (Å²) in [5.41, 5.74) is 8.01. The van der Waals surface area contributed by atoms with Gasteiger partial charge in [-0.25, -0.2) is 0 Å². The fourth-order valence-corrected chi connectivity index (χ4v) is 1.81. The van der Waals surface area contributed by atoms with Gasteiger partial charge in [0, 0.05) is 18.1 Å². The van der Waals surface area contributed by atoms with Gasteiger partial charge < -0.3 is 10.5 Å². The van der Waals surface area contributed by atoms with E-state index in [1.807, 2.05) is 12.3 Å². The van der Waals surface area contributed by atoms with Crippen molar-refractivity contribution in [3.05, 3.63) is 21.9 Å². The predicted molar refractivity (Wildman–Crippen MR) is 56.5 cm³/mol. The summed E-state index contributed by atoms with van der Waals surface area (Å²) in [5.74, 6) is 0.607. The van der Waals surface area contributed by atoms with Gasteiger partial charge in [0.15, 0.2) is 0 Å². The van der Waals surface area contributed by atoms with Gasteiger partial charge in [0.1, 0.15) is 5.84 Å². The van der Waals surface area contributed by atoms with E-state index < -0.39 is 0 Å². The van der Waals surface area contributed by atoms with E-state index in [1.54, 1.807) is 18.4 Å². The minimum Gasteiger partial charge on any atom is -0.383 e. The van der Waals surface area contributed by atoms with Gasteiger partial charge in [0.2, 0.25) is 0 Å². The molecule has 1 aromatic rings. The molecule has 0 aliphatic rings. The lowest BCUT2D eigenvalue weighted by atomic mass is 10.2. The van der Waals surface area contributed by atoms with Gasteiger partial charge in [-0.05, 0) is 17.9 Å². The molecule has 2 N–H and O–H groups in total. The first-order valence-corrected chi connectivity index (χ1v) is 5.02. The molecule has 3 nitrogen and oxygen atoms in total. The minimum atomic E-state index is 0.607. The van der Waals surface area contributed by atoms with Crippen LogP contribution in [-0.4, -0.2) is 26.1 Å². The van der Waals surface area contributed by atoms with Crippen molar-refractivity contribution in [1.82, 2.24) is 0 Å². The van der Waals surface area contributed by atoms with Crippen LogP contribution in [0.25, 0.3) is 0 Å². The number of rotatable bonds is 4. The molecule has 1 rings (SSSR count). The van der Waals surface area contributed by atoms with Crippen LogP contribution in [-0.2, 0) is 4.74 Å². The fourth-order valence-electron chi connectivity index (χ4n) is 0.965. The van der Waals surface area contributed by atoms with Crippen molar-refractivity contribution in [2.24, 2.45) is 10.7 Å². The molecule has 0 atom stereocenters. The largest absolute Gasteiger partial charge is 0.383 e. The number of hydrogen-bond acceptors (Lipinski definition) is 3. The van der Waals surface area contributed by atoms with Crippen LogP contribution in [0.5, 0.6) is 0 Å². The fraction of sp³-hybridized carbons (Fsp3) is 0.444. The third-order valence-electron chi connectivity index (χ3n) is 1.71. The third kappa shape index (κ3) is 2.82. The summed E-state index contributed by atoms with van der Waals surface area (Å²) in [6, 6.07) is 0. The van der Waals surface area contributed by atoms with E-state index in [0.29, 0.717) is 19.0 Å². The van der Waals surface area contributed by atoms with Crippen molar-refractivity contribution in [1.29, 1.82) is 0 Å². The second kappa shape index (κ2) is 4.99. The number of ether oxygens (including phenoxy) is 1. The SMILES string of the molecule is COCCN=C(N)c1cscc1C. The highest BCUT2D eigenvalue weighted by atomic mass is 32.1. The van der Waals surface area contributed by atoms with Crippen LogP contribution in [0.1, 0.15) is 11.1 Å². The van der Waals surface area contributed by atoms with E-state index in [4.69, 9.17) is 10.5 Å². The maximum Gasteiger partial charge on any atom is 0.126 e. The number of amidine groups is 1. The molecule has 0 saturated carbocycles. The normalized spacial score (nSPS) is 12.0. The van der Waals surface area contributed by atoms with Gasteiger partial charge in [0.25, 0.3) is 0 Å². The Labute approximate surface area is 82.2 Å². The maximum atomic E-state index is 5.78. The summed E-state index contributed by atoms with van der Waals surface area (Å²) in [6.45, 7) is 3.27. The maximum absolute atomic E-state index is 5.78. The molecule has 0 spiro atoms. The van der Waals surface area contributed by atoms with E-state index in [0.717, 1.165) is 5.56 Å². The molecule has 0 amide bonds. The zero-order valence-corrected chi connectivity index (χ0v) is 8.73. The van der Waals surface area contributed by atoms with E-state index in [1.165, 1.54) is 5.56 Å². The highest BCUT2D eigenvalue weighted by Gasteiger charge is 2.02. The first-order valence-electron chi connectivity index (χ1n) is 4.07. The molecular formula is C9H14N2OS. The van der Waals surface area contributed by atoms with Crippen LogP contribution in [0, 0.1) is 6.92 Å². The Morgan fingerprint density at radius 1 is 1.62 bits per heavy atom. The van der Waals surface area contributed by atoms with Gasteiger partial charge in [-0.2, -0.15) is 11.3 Å². The summed E-state index contributed by atoms with van der Waals surface area (Å²) in [7, 11) is 1.65. The quantitative estimate of drug-likeness (QED) is 0.452. The molecule has 0 bridgehead atoms. The molecule has 72 valence electrons. The molecule has 0 saturated heterocycles. The van der Waals surface area contributed by atoms with Crippen LogP contribution in [0.15, 0.2) is 15.8 Å². The van der Waals surface area contributed by atoms with E-state index in [2.05, 4.69) is 10.4 Å². The Morgan fingerprint density at radius 3 is 2.92 bits per heavy atom. The molecule has 13 heavy (non-hydrogen) atoms. The Hall–Kier alpha value is -0.870. The molecule has 4 heteroatoms.